The van der Waals surface area contributed by atoms with Crippen molar-refractivity contribution in [2.75, 3.05) is 13.2 Å². The number of hydrogen-bond donors (Lipinski definition) is 2. The lowest BCUT2D eigenvalue weighted by Crippen LogP contribution is -2.37. The zero-order chi connectivity index (χ0) is 14.5. The van der Waals surface area contributed by atoms with Gasteiger partial charge in [-0.3, -0.25) is 4.79 Å². The number of ether oxygens (including phenoxy) is 1. The van der Waals surface area contributed by atoms with Crippen LogP contribution in [-0.2, 0) is 17.6 Å². The molecule has 0 spiro atoms. The minimum Gasteiger partial charge on any atom is -0.492 e. The van der Waals surface area contributed by atoms with Gasteiger partial charge in [-0.2, -0.15) is 0 Å². The van der Waals surface area contributed by atoms with Crippen LogP contribution in [0.2, 0.25) is 0 Å². The average Bonchev–Trinajstić information content (AvgIpc) is 3.04. The van der Waals surface area contributed by atoms with Crippen molar-refractivity contribution in [2.24, 2.45) is 5.92 Å². The van der Waals surface area contributed by atoms with E-state index in [9.17, 15) is 4.79 Å². The molecule has 0 saturated heterocycles. The van der Waals surface area contributed by atoms with E-state index in [1.54, 1.807) is 6.20 Å². The molecule has 3 rings (SSSR count). The summed E-state index contributed by atoms with van der Waals surface area (Å²) >= 11 is 0. The second-order valence-corrected chi connectivity index (χ2v) is 5.25. The number of para-hydroxylation sites is 1. The molecule has 2 heterocycles. The fraction of sp³-hybridized carbons (Fsp3) is 0.375. The minimum atomic E-state index is -0.0940. The molecule has 2 N–H and O–H groups in total. The summed E-state index contributed by atoms with van der Waals surface area (Å²) in [4.78, 5) is 19.4. The number of rotatable bonds is 5. The van der Waals surface area contributed by atoms with Crippen LogP contribution in [0, 0.1) is 5.92 Å². The van der Waals surface area contributed by atoms with Crippen molar-refractivity contribution in [1.29, 1.82) is 0 Å². The van der Waals surface area contributed by atoms with Crippen molar-refractivity contribution in [3.8, 4) is 5.75 Å². The molecule has 1 aromatic carbocycles. The maximum atomic E-state index is 12.2. The average molecular weight is 285 g/mol. The standard InChI is InChI=1S/C16H19N3O2/c20-16(19-7-3-6-15-17-8-9-18-15)13-10-12-4-1-2-5-14(12)21-11-13/h1-2,4-5,8-9,13H,3,6-7,10-11H2,(H,17,18)(H,19,20). The van der Waals surface area contributed by atoms with Gasteiger partial charge in [-0.1, -0.05) is 18.2 Å². The summed E-state index contributed by atoms with van der Waals surface area (Å²) in [6.07, 6.45) is 6.02. The van der Waals surface area contributed by atoms with Crippen molar-refractivity contribution < 1.29 is 9.53 Å². The summed E-state index contributed by atoms with van der Waals surface area (Å²) in [5, 5.41) is 2.99. The van der Waals surface area contributed by atoms with Gasteiger partial charge in [0, 0.05) is 25.4 Å². The van der Waals surface area contributed by atoms with Crippen molar-refractivity contribution >= 4 is 5.91 Å². The number of aromatic amines is 1. The summed E-state index contributed by atoms with van der Waals surface area (Å²) in [5.74, 6) is 1.84. The zero-order valence-corrected chi connectivity index (χ0v) is 11.8. The van der Waals surface area contributed by atoms with E-state index in [-0.39, 0.29) is 11.8 Å². The van der Waals surface area contributed by atoms with E-state index in [2.05, 4.69) is 15.3 Å². The predicted molar refractivity (Wildman–Crippen MR) is 79.0 cm³/mol. The number of amides is 1. The highest BCUT2D eigenvalue weighted by Gasteiger charge is 2.25. The molecular formula is C16H19N3O2. The van der Waals surface area contributed by atoms with Crippen LogP contribution in [0.1, 0.15) is 17.8 Å². The van der Waals surface area contributed by atoms with E-state index in [4.69, 9.17) is 4.74 Å². The third-order valence-electron chi connectivity index (χ3n) is 3.69. The third-order valence-corrected chi connectivity index (χ3v) is 3.69. The molecule has 5 heteroatoms. The highest BCUT2D eigenvalue weighted by atomic mass is 16.5. The fourth-order valence-corrected chi connectivity index (χ4v) is 2.54. The predicted octanol–water partition coefficient (Wildman–Crippen LogP) is 1.71. The van der Waals surface area contributed by atoms with Crippen LogP contribution < -0.4 is 10.1 Å². The molecule has 1 unspecified atom stereocenters. The first-order valence-corrected chi connectivity index (χ1v) is 7.29. The summed E-state index contributed by atoms with van der Waals surface area (Å²) < 4.78 is 5.65. The van der Waals surface area contributed by atoms with Gasteiger partial charge in [-0.05, 0) is 24.5 Å². The summed E-state index contributed by atoms with van der Waals surface area (Å²) in [6.45, 7) is 1.12. The number of benzene rings is 1. The Balaban J connectivity index is 1.44. The summed E-state index contributed by atoms with van der Waals surface area (Å²) in [7, 11) is 0. The number of fused-ring (bicyclic) bond motifs is 1. The van der Waals surface area contributed by atoms with Crippen LogP contribution in [0.15, 0.2) is 36.7 Å². The Kier molecular flexibility index (Phi) is 4.19. The lowest BCUT2D eigenvalue weighted by molar-refractivity contribution is -0.126. The second kappa shape index (κ2) is 6.43. The monoisotopic (exact) mass is 285 g/mol. The Morgan fingerprint density at radius 3 is 3.19 bits per heavy atom. The number of carbonyl (C=O) groups is 1. The van der Waals surface area contributed by atoms with Gasteiger partial charge in [-0.15, -0.1) is 0 Å². The van der Waals surface area contributed by atoms with Gasteiger partial charge in [0.1, 0.15) is 18.2 Å². The number of carbonyl (C=O) groups excluding carboxylic acids is 1. The first kappa shape index (κ1) is 13.7. The molecule has 0 bridgehead atoms. The van der Waals surface area contributed by atoms with Crippen molar-refractivity contribution in [3.63, 3.8) is 0 Å². The van der Waals surface area contributed by atoms with E-state index in [0.717, 1.165) is 36.4 Å². The molecule has 2 aromatic rings. The second-order valence-electron chi connectivity index (χ2n) is 5.25. The van der Waals surface area contributed by atoms with Crippen LogP contribution in [-0.4, -0.2) is 29.0 Å². The molecule has 0 aliphatic carbocycles. The quantitative estimate of drug-likeness (QED) is 0.822. The molecule has 1 aromatic heterocycles. The summed E-state index contributed by atoms with van der Waals surface area (Å²) in [5.41, 5.74) is 1.11. The SMILES string of the molecule is O=C(NCCCc1ncc[nH]1)C1COc2ccccc2C1. The largest absolute Gasteiger partial charge is 0.492 e. The number of aryl methyl sites for hydroxylation is 1. The lowest BCUT2D eigenvalue weighted by atomic mass is 9.96. The topological polar surface area (TPSA) is 67.0 Å². The van der Waals surface area contributed by atoms with Gasteiger partial charge in [0.15, 0.2) is 0 Å². The van der Waals surface area contributed by atoms with E-state index < -0.39 is 0 Å². The summed E-state index contributed by atoms with van der Waals surface area (Å²) in [6, 6.07) is 7.90. The van der Waals surface area contributed by atoms with Crippen LogP contribution in [0.4, 0.5) is 0 Å². The Hall–Kier alpha value is -2.30. The van der Waals surface area contributed by atoms with Gasteiger partial charge in [0.25, 0.3) is 0 Å². The van der Waals surface area contributed by atoms with E-state index >= 15 is 0 Å². The number of H-pyrrole nitrogens is 1. The molecule has 1 aliphatic rings. The van der Waals surface area contributed by atoms with E-state index in [1.807, 2.05) is 30.5 Å². The Morgan fingerprint density at radius 1 is 1.43 bits per heavy atom. The molecule has 21 heavy (non-hydrogen) atoms. The van der Waals surface area contributed by atoms with Gasteiger partial charge >= 0.3 is 0 Å². The number of imidazole rings is 1. The van der Waals surface area contributed by atoms with E-state index in [0.29, 0.717) is 13.2 Å². The van der Waals surface area contributed by atoms with Gasteiger partial charge < -0.3 is 15.0 Å². The number of aromatic nitrogens is 2. The van der Waals surface area contributed by atoms with E-state index in [1.165, 1.54) is 0 Å². The molecule has 0 saturated carbocycles. The highest BCUT2D eigenvalue weighted by Crippen LogP contribution is 2.26. The molecule has 1 aliphatic heterocycles. The smallest absolute Gasteiger partial charge is 0.226 e. The Bertz CT molecular complexity index is 595. The maximum Gasteiger partial charge on any atom is 0.226 e. The number of nitrogens with one attached hydrogen (secondary N) is 2. The van der Waals surface area contributed by atoms with Gasteiger partial charge in [0.05, 0.1) is 5.92 Å². The normalized spacial score (nSPS) is 16.9. The van der Waals surface area contributed by atoms with Gasteiger partial charge in [-0.25, -0.2) is 4.98 Å². The number of hydrogen-bond acceptors (Lipinski definition) is 3. The van der Waals surface area contributed by atoms with Crippen molar-refractivity contribution in [3.05, 3.63) is 48.0 Å². The number of nitrogens with zero attached hydrogens (tertiary/aromatic N) is 1. The molecule has 1 amide bonds. The highest BCUT2D eigenvalue weighted by molar-refractivity contribution is 5.79. The molecule has 1 atom stereocenters. The van der Waals surface area contributed by atoms with Gasteiger partial charge in [0.2, 0.25) is 5.91 Å². The molecule has 0 fully saturated rings. The van der Waals surface area contributed by atoms with Crippen LogP contribution >= 0.6 is 0 Å². The van der Waals surface area contributed by atoms with Crippen molar-refractivity contribution in [2.45, 2.75) is 19.3 Å². The first-order valence-electron chi connectivity index (χ1n) is 7.29. The zero-order valence-electron chi connectivity index (χ0n) is 11.8. The van der Waals surface area contributed by atoms with Crippen molar-refractivity contribution in [1.82, 2.24) is 15.3 Å². The van der Waals surface area contributed by atoms with Crippen LogP contribution in [0.3, 0.4) is 0 Å². The maximum absolute atomic E-state index is 12.2. The lowest BCUT2D eigenvalue weighted by Gasteiger charge is -2.24. The Labute approximate surface area is 123 Å². The molecule has 110 valence electrons. The third kappa shape index (κ3) is 3.42. The first-order chi connectivity index (χ1) is 10.3. The Morgan fingerprint density at radius 2 is 2.33 bits per heavy atom. The molecular weight excluding hydrogens is 266 g/mol. The fourth-order valence-electron chi connectivity index (χ4n) is 2.54. The van der Waals surface area contributed by atoms with Crippen LogP contribution in [0.5, 0.6) is 5.75 Å². The molecule has 0 radical (unpaired) electrons. The van der Waals surface area contributed by atoms with Crippen LogP contribution in [0.25, 0.3) is 0 Å². The minimum absolute atomic E-state index is 0.0731. The molecule has 5 nitrogen and oxygen atoms in total.